The SMILES string of the molecule is COc1cc(-c2ccc(O)c(-c3ccno3)c2)cc(OC)c1OC. The van der Waals surface area contributed by atoms with E-state index in [0.717, 1.165) is 11.1 Å². The predicted molar refractivity (Wildman–Crippen MR) is 88.7 cm³/mol. The normalized spacial score (nSPS) is 10.5. The lowest BCUT2D eigenvalue weighted by molar-refractivity contribution is 0.324. The van der Waals surface area contributed by atoms with Crippen LogP contribution in [0.5, 0.6) is 23.0 Å². The van der Waals surface area contributed by atoms with E-state index in [-0.39, 0.29) is 5.75 Å². The van der Waals surface area contributed by atoms with Crippen LogP contribution in [0.1, 0.15) is 0 Å². The number of hydrogen-bond donors (Lipinski definition) is 1. The molecule has 6 nitrogen and oxygen atoms in total. The molecule has 1 N–H and O–H groups in total. The standard InChI is InChI=1S/C18H17NO5/c1-21-16-9-12(10-17(22-2)18(16)23-3)11-4-5-14(20)13(8-11)15-6-7-19-24-15/h4-10,20H,1-3H3. The van der Waals surface area contributed by atoms with Gasteiger partial charge in [-0.05, 0) is 35.4 Å². The van der Waals surface area contributed by atoms with Crippen LogP contribution in [0.4, 0.5) is 0 Å². The zero-order valence-electron chi connectivity index (χ0n) is 13.6. The molecule has 0 aliphatic carbocycles. The van der Waals surface area contributed by atoms with Crippen molar-refractivity contribution in [3.8, 4) is 45.4 Å². The number of methoxy groups -OCH3 is 3. The zero-order valence-corrected chi connectivity index (χ0v) is 13.6. The number of aromatic nitrogens is 1. The average molecular weight is 327 g/mol. The first-order chi connectivity index (χ1) is 11.7. The van der Waals surface area contributed by atoms with E-state index in [2.05, 4.69) is 5.16 Å². The number of phenols is 1. The second-order valence-corrected chi connectivity index (χ2v) is 5.02. The van der Waals surface area contributed by atoms with Crippen molar-refractivity contribution >= 4 is 0 Å². The van der Waals surface area contributed by atoms with Gasteiger partial charge in [0.15, 0.2) is 17.3 Å². The van der Waals surface area contributed by atoms with Gasteiger partial charge in [0.1, 0.15) is 5.75 Å². The molecule has 124 valence electrons. The lowest BCUT2D eigenvalue weighted by atomic mass is 10.0. The number of rotatable bonds is 5. The summed E-state index contributed by atoms with van der Waals surface area (Å²) in [5, 5.41) is 13.8. The summed E-state index contributed by atoms with van der Waals surface area (Å²) >= 11 is 0. The highest BCUT2D eigenvalue weighted by Gasteiger charge is 2.16. The van der Waals surface area contributed by atoms with E-state index < -0.39 is 0 Å². The molecule has 1 aromatic heterocycles. The summed E-state index contributed by atoms with van der Waals surface area (Å²) in [6, 6.07) is 10.6. The van der Waals surface area contributed by atoms with Gasteiger partial charge in [0.05, 0.1) is 33.1 Å². The summed E-state index contributed by atoms with van der Waals surface area (Å²) in [5.41, 5.74) is 2.27. The van der Waals surface area contributed by atoms with Crippen LogP contribution in [0.15, 0.2) is 47.1 Å². The maximum atomic E-state index is 10.1. The molecule has 0 fully saturated rings. The first kappa shape index (κ1) is 15.7. The van der Waals surface area contributed by atoms with E-state index >= 15 is 0 Å². The highest BCUT2D eigenvalue weighted by molar-refractivity contribution is 5.77. The number of hydrogen-bond acceptors (Lipinski definition) is 6. The van der Waals surface area contributed by atoms with Crippen molar-refractivity contribution in [2.75, 3.05) is 21.3 Å². The molecule has 0 unspecified atom stereocenters. The van der Waals surface area contributed by atoms with Crippen molar-refractivity contribution in [2.24, 2.45) is 0 Å². The average Bonchev–Trinajstić information content (AvgIpc) is 3.15. The fourth-order valence-electron chi connectivity index (χ4n) is 2.52. The van der Waals surface area contributed by atoms with Crippen molar-refractivity contribution in [3.63, 3.8) is 0 Å². The van der Waals surface area contributed by atoms with Gasteiger partial charge in [-0.15, -0.1) is 0 Å². The molecular weight excluding hydrogens is 310 g/mol. The van der Waals surface area contributed by atoms with E-state index in [9.17, 15) is 5.11 Å². The Labute approximate surface area is 139 Å². The quantitative estimate of drug-likeness (QED) is 0.769. The lowest BCUT2D eigenvalue weighted by Crippen LogP contribution is -1.95. The van der Waals surface area contributed by atoms with Crippen LogP contribution in [-0.2, 0) is 0 Å². The Hall–Kier alpha value is -3.15. The molecule has 0 bridgehead atoms. The number of ether oxygens (including phenoxy) is 3. The maximum absolute atomic E-state index is 10.1. The van der Waals surface area contributed by atoms with Gasteiger partial charge in [0, 0.05) is 6.07 Å². The molecule has 1 heterocycles. The first-order valence-corrected chi connectivity index (χ1v) is 7.22. The lowest BCUT2D eigenvalue weighted by Gasteiger charge is -2.14. The minimum Gasteiger partial charge on any atom is -0.507 e. The Morgan fingerprint density at radius 2 is 1.58 bits per heavy atom. The molecule has 3 aromatic rings. The van der Waals surface area contributed by atoms with Gasteiger partial charge in [0.25, 0.3) is 0 Å². The van der Waals surface area contributed by atoms with E-state index in [0.29, 0.717) is 28.6 Å². The molecule has 0 aliphatic heterocycles. The van der Waals surface area contributed by atoms with Gasteiger partial charge in [-0.2, -0.15) is 0 Å². The molecule has 0 amide bonds. The van der Waals surface area contributed by atoms with E-state index in [1.54, 1.807) is 39.5 Å². The van der Waals surface area contributed by atoms with Gasteiger partial charge >= 0.3 is 0 Å². The Kier molecular flexibility index (Phi) is 4.29. The van der Waals surface area contributed by atoms with E-state index in [1.165, 1.54) is 6.20 Å². The number of benzene rings is 2. The van der Waals surface area contributed by atoms with Crippen LogP contribution in [0, 0.1) is 0 Å². The molecule has 0 saturated heterocycles. The highest BCUT2D eigenvalue weighted by atomic mass is 16.5. The third-order valence-electron chi connectivity index (χ3n) is 3.70. The summed E-state index contributed by atoms with van der Waals surface area (Å²) in [7, 11) is 4.69. The second kappa shape index (κ2) is 6.54. The van der Waals surface area contributed by atoms with Gasteiger partial charge in [-0.3, -0.25) is 0 Å². The van der Waals surface area contributed by atoms with Crippen molar-refractivity contribution in [3.05, 3.63) is 42.6 Å². The molecule has 3 rings (SSSR count). The van der Waals surface area contributed by atoms with E-state index in [4.69, 9.17) is 18.7 Å². The maximum Gasteiger partial charge on any atom is 0.203 e. The zero-order chi connectivity index (χ0) is 17.1. The Balaban J connectivity index is 2.14. The third-order valence-corrected chi connectivity index (χ3v) is 3.70. The molecule has 24 heavy (non-hydrogen) atoms. The monoisotopic (exact) mass is 327 g/mol. The number of nitrogens with zero attached hydrogens (tertiary/aromatic N) is 1. The highest BCUT2D eigenvalue weighted by Crippen LogP contribution is 2.42. The summed E-state index contributed by atoms with van der Waals surface area (Å²) in [5.74, 6) is 2.24. The first-order valence-electron chi connectivity index (χ1n) is 7.22. The van der Waals surface area contributed by atoms with Crippen LogP contribution >= 0.6 is 0 Å². The van der Waals surface area contributed by atoms with Gasteiger partial charge < -0.3 is 23.8 Å². The Morgan fingerprint density at radius 1 is 0.875 bits per heavy atom. The van der Waals surface area contributed by atoms with Gasteiger partial charge in [-0.25, -0.2) is 0 Å². The van der Waals surface area contributed by atoms with Gasteiger partial charge in [0.2, 0.25) is 5.75 Å². The fraction of sp³-hybridized carbons (Fsp3) is 0.167. The fourth-order valence-corrected chi connectivity index (χ4v) is 2.52. The number of phenolic OH excluding ortho intramolecular Hbond substituents is 1. The minimum atomic E-state index is 0.114. The predicted octanol–water partition coefficient (Wildman–Crippen LogP) is 3.74. The van der Waals surface area contributed by atoms with Crippen LogP contribution < -0.4 is 14.2 Å². The molecule has 2 aromatic carbocycles. The van der Waals surface area contributed by atoms with Crippen LogP contribution in [0.25, 0.3) is 22.5 Å². The van der Waals surface area contributed by atoms with Crippen molar-refractivity contribution in [1.29, 1.82) is 0 Å². The van der Waals surface area contributed by atoms with Crippen molar-refractivity contribution < 1.29 is 23.8 Å². The molecule has 0 spiro atoms. The summed E-state index contributed by atoms with van der Waals surface area (Å²) < 4.78 is 21.2. The summed E-state index contributed by atoms with van der Waals surface area (Å²) in [4.78, 5) is 0. The molecule has 0 radical (unpaired) electrons. The molecule has 6 heteroatoms. The van der Waals surface area contributed by atoms with E-state index in [1.807, 2.05) is 18.2 Å². The van der Waals surface area contributed by atoms with Crippen LogP contribution in [0.2, 0.25) is 0 Å². The molecule has 0 saturated carbocycles. The smallest absolute Gasteiger partial charge is 0.203 e. The Morgan fingerprint density at radius 3 is 2.12 bits per heavy atom. The Bertz CT molecular complexity index is 818. The summed E-state index contributed by atoms with van der Waals surface area (Å²) in [6.07, 6.45) is 1.53. The molecule has 0 atom stereocenters. The third kappa shape index (κ3) is 2.74. The number of aromatic hydroxyl groups is 1. The topological polar surface area (TPSA) is 74.0 Å². The van der Waals surface area contributed by atoms with Crippen molar-refractivity contribution in [2.45, 2.75) is 0 Å². The largest absolute Gasteiger partial charge is 0.507 e. The van der Waals surface area contributed by atoms with Crippen molar-refractivity contribution in [1.82, 2.24) is 5.16 Å². The van der Waals surface area contributed by atoms with Crippen LogP contribution in [-0.4, -0.2) is 31.6 Å². The van der Waals surface area contributed by atoms with Crippen LogP contribution in [0.3, 0.4) is 0 Å². The minimum absolute atomic E-state index is 0.114. The second-order valence-electron chi connectivity index (χ2n) is 5.02. The molecule has 0 aliphatic rings. The molecular formula is C18H17NO5. The van der Waals surface area contributed by atoms with Gasteiger partial charge in [-0.1, -0.05) is 11.2 Å². The summed E-state index contributed by atoms with van der Waals surface area (Å²) in [6.45, 7) is 0.